The van der Waals surface area contributed by atoms with Gasteiger partial charge in [-0.25, -0.2) is 18.6 Å². The zero-order chi connectivity index (χ0) is 32.2. The number of fused-ring (bicyclic) bond motifs is 1. The van der Waals surface area contributed by atoms with Gasteiger partial charge in [0.05, 0.1) is 18.3 Å². The summed E-state index contributed by atoms with van der Waals surface area (Å²) in [7, 11) is 0. The van der Waals surface area contributed by atoms with E-state index < -0.39 is 60.2 Å². The molecule has 1 atom stereocenters. The number of aliphatic hydroxyl groups excluding tert-OH is 1. The van der Waals surface area contributed by atoms with Gasteiger partial charge in [-0.1, -0.05) is 19.1 Å². The topological polar surface area (TPSA) is 135 Å². The van der Waals surface area contributed by atoms with Crippen LogP contribution >= 0.6 is 0 Å². The second kappa shape index (κ2) is 13.2. The van der Waals surface area contributed by atoms with E-state index in [1.807, 2.05) is 6.92 Å². The van der Waals surface area contributed by atoms with Crippen molar-refractivity contribution in [1.82, 2.24) is 19.9 Å². The van der Waals surface area contributed by atoms with Gasteiger partial charge in [-0.2, -0.15) is 18.2 Å². The lowest BCUT2D eigenvalue weighted by Gasteiger charge is -2.20. The van der Waals surface area contributed by atoms with E-state index in [4.69, 9.17) is 0 Å². The van der Waals surface area contributed by atoms with Gasteiger partial charge in [0.25, 0.3) is 11.5 Å². The van der Waals surface area contributed by atoms with E-state index in [-0.39, 0.29) is 28.2 Å². The highest BCUT2D eigenvalue weighted by Crippen LogP contribution is 2.32. The second-order valence-corrected chi connectivity index (χ2v) is 9.62. The first-order chi connectivity index (χ1) is 20.8. The highest BCUT2D eigenvalue weighted by Gasteiger charge is 2.41. The number of nitrogens with one attached hydrogen (secondary N) is 2. The molecule has 2 heterocycles. The second-order valence-electron chi connectivity index (χ2n) is 9.62. The van der Waals surface area contributed by atoms with Crippen LogP contribution in [0.2, 0.25) is 0 Å². The van der Waals surface area contributed by atoms with Crippen LogP contribution in [0.25, 0.3) is 28.0 Å². The molecular weight excluding hydrogens is 593 g/mol. The number of aromatic nitrogens is 3. The summed E-state index contributed by atoms with van der Waals surface area (Å²) in [5.41, 5.74) is -0.655. The molecule has 2 aromatic carbocycles. The van der Waals surface area contributed by atoms with Crippen LogP contribution in [0.1, 0.15) is 29.3 Å². The van der Waals surface area contributed by atoms with Crippen LogP contribution in [0, 0.1) is 18.6 Å². The summed E-state index contributed by atoms with van der Waals surface area (Å²) in [6.07, 6.45) is -4.59. The number of nitrogens with zero attached hydrogens (tertiary/aromatic N) is 3. The Balaban J connectivity index is 1.95. The average molecular weight is 620 g/mol. The van der Waals surface area contributed by atoms with Gasteiger partial charge in [0.15, 0.2) is 5.65 Å². The van der Waals surface area contributed by atoms with Gasteiger partial charge < -0.3 is 20.5 Å². The number of pyridine rings is 1. The van der Waals surface area contributed by atoms with Gasteiger partial charge in [0, 0.05) is 29.1 Å². The lowest BCUT2D eigenvalue weighted by molar-refractivity contribution is -0.200. The van der Waals surface area contributed by atoms with E-state index in [2.05, 4.69) is 25.3 Å². The first-order valence-electron chi connectivity index (χ1n) is 13.2. The van der Waals surface area contributed by atoms with Crippen LogP contribution in [-0.2, 0) is 9.53 Å². The summed E-state index contributed by atoms with van der Waals surface area (Å²) in [6, 6.07) is 8.70. The van der Waals surface area contributed by atoms with Gasteiger partial charge in [-0.15, -0.1) is 0 Å². The maximum absolute atomic E-state index is 14.9. The summed E-state index contributed by atoms with van der Waals surface area (Å²) >= 11 is 0. The fraction of sp³-hybridized carbons (Fsp3) is 0.276. The molecule has 2 aromatic heterocycles. The van der Waals surface area contributed by atoms with Crippen molar-refractivity contribution in [2.45, 2.75) is 32.5 Å². The molecule has 3 N–H and O–H groups in total. The highest BCUT2D eigenvalue weighted by atomic mass is 19.4. The number of benzene rings is 2. The largest absolute Gasteiger partial charge is 0.490 e. The quantitative estimate of drug-likeness (QED) is 0.179. The first-order valence-corrected chi connectivity index (χ1v) is 13.2. The third kappa shape index (κ3) is 6.83. The lowest BCUT2D eigenvalue weighted by atomic mass is 9.99. The summed E-state index contributed by atoms with van der Waals surface area (Å²) in [4.78, 5) is 45.7. The van der Waals surface area contributed by atoms with E-state index >= 15 is 0 Å². The molecule has 0 spiro atoms. The molecular formula is C29H26F5N5O5. The Bertz CT molecular complexity index is 1760. The molecule has 0 radical (unpaired) electrons. The molecule has 0 aliphatic rings. The first kappa shape index (κ1) is 32.0. The standard InChI is InChI=1S/C29H26F5N5O5/c1-3-11-35-26(42)16-8-7-15(2)19(12-16)23-18-9-10-22(41)39(24-20(30)5-4-6-21(24)31)25(18)38-28(37-23)36-17(13-40)14-44-27(43)29(32,33)34/h4-10,12,17,40H,3,11,13-14H2,1-2H3,(H,35,42)(H,36,37,38). The highest BCUT2D eigenvalue weighted by molar-refractivity contribution is 5.98. The van der Waals surface area contributed by atoms with Crippen LogP contribution in [-0.4, -0.2) is 63.5 Å². The Morgan fingerprint density at radius 3 is 2.41 bits per heavy atom. The average Bonchev–Trinajstić information content (AvgIpc) is 2.98. The molecule has 232 valence electrons. The summed E-state index contributed by atoms with van der Waals surface area (Å²) in [5, 5.41) is 15.2. The van der Waals surface area contributed by atoms with Crippen molar-refractivity contribution in [2.24, 2.45) is 0 Å². The number of ether oxygens (including phenoxy) is 1. The van der Waals surface area contributed by atoms with Gasteiger partial charge in [-0.05, 0) is 49.2 Å². The SMILES string of the molecule is CCCNC(=O)c1ccc(C)c(-c2nc(NC(CO)COC(=O)C(F)(F)F)nc3c2ccc(=O)n3-c2c(F)cccc2F)c1. The Morgan fingerprint density at radius 2 is 1.77 bits per heavy atom. The number of para-hydroxylation sites is 1. The van der Waals surface area contributed by atoms with Gasteiger partial charge >= 0.3 is 12.1 Å². The molecule has 10 nitrogen and oxygen atoms in total. The van der Waals surface area contributed by atoms with Crippen molar-refractivity contribution in [1.29, 1.82) is 0 Å². The van der Waals surface area contributed by atoms with E-state index in [1.54, 1.807) is 19.1 Å². The van der Waals surface area contributed by atoms with Gasteiger partial charge in [0.2, 0.25) is 5.95 Å². The van der Waals surface area contributed by atoms with Crippen molar-refractivity contribution >= 4 is 28.9 Å². The fourth-order valence-electron chi connectivity index (χ4n) is 4.24. The number of hydrogen-bond acceptors (Lipinski definition) is 8. The van der Waals surface area contributed by atoms with Crippen molar-refractivity contribution in [3.05, 3.63) is 81.6 Å². The number of anilines is 1. The molecule has 0 aliphatic heterocycles. The number of aliphatic hydroxyl groups is 1. The number of aryl methyl sites for hydroxylation is 1. The summed E-state index contributed by atoms with van der Waals surface area (Å²) in [5.74, 6) is -5.46. The van der Waals surface area contributed by atoms with E-state index in [0.29, 0.717) is 28.7 Å². The van der Waals surface area contributed by atoms with E-state index in [0.717, 1.165) is 24.3 Å². The normalized spacial score (nSPS) is 12.2. The van der Waals surface area contributed by atoms with Gasteiger partial charge in [0.1, 0.15) is 23.9 Å². The van der Waals surface area contributed by atoms with Gasteiger partial charge in [-0.3, -0.25) is 14.2 Å². The number of carbonyl (C=O) groups excluding carboxylic acids is 2. The monoisotopic (exact) mass is 619 g/mol. The van der Waals surface area contributed by atoms with Crippen molar-refractivity contribution in [3.8, 4) is 16.9 Å². The number of carbonyl (C=O) groups is 2. The molecule has 0 saturated carbocycles. The van der Waals surface area contributed by atoms with Crippen LogP contribution in [0.4, 0.5) is 27.9 Å². The third-order valence-corrected chi connectivity index (χ3v) is 6.40. The molecule has 1 unspecified atom stereocenters. The number of rotatable bonds is 10. The molecule has 0 bridgehead atoms. The van der Waals surface area contributed by atoms with Crippen molar-refractivity contribution in [3.63, 3.8) is 0 Å². The molecule has 4 rings (SSSR count). The number of alkyl halides is 3. The molecule has 4 aromatic rings. The maximum atomic E-state index is 14.9. The molecule has 15 heteroatoms. The third-order valence-electron chi connectivity index (χ3n) is 6.40. The molecule has 0 aliphatic carbocycles. The minimum absolute atomic E-state index is 0.0783. The zero-order valence-corrected chi connectivity index (χ0v) is 23.3. The smallest absolute Gasteiger partial charge is 0.457 e. The molecule has 1 amide bonds. The molecule has 44 heavy (non-hydrogen) atoms. The Labute approximate surface area is 246 Å². The fourth-order valence-corrected chi connectivity index (χ4v) is 4.24. The van der Waals surface area contributed by atoms with E-state index in [9.17, 15) is 41.4 Å². The molecule has 0 fully saturated rings. The number of esters is 1. The minimum atomic E-state index is -5.28. The Hall–Kier alpha value is -4.92. The van der Waals surface area contributed by atoms with Crippen LogP contribution in [0.3, 0.4) is 0 Å². The Kier molecular flexibility index (Phi) is 9.57. The van der Waals surface area contributed by atoms with Crippen LogP contribution in [0.5, 0.6) is 0 Å². The zero-order valence-electron chi connectivity index (χ0n) is 23.3. The van der Waals surface area contributed by atoms with Crippen molar-refractivity contribution in [2.75, 3.05) is 25.1 Å². The maximum Gasteiger partial charge on any atom is 0.490 e. The number of halogens is 5. The predicted octanol–water partition coefficient (Wildman–Crippen LogP) is 4.05. The minimum Gasteiger partial charge on any atom is -0.457 e. The lowest BCUT2D eigenvalue weighted by Crippen LogP contribution is -2.35. The Morgan fingerprint density at radius 1 is 1.07 bits per heavy atom. The predicted molar refractivity (Wildman–Crippen MR) is 149 cm³/mol. The van der Waals surface area contributed by atoms with Crippen molar-refractivity contribution < 1.29 is 41.4 Å². The summed E-state index contributed by atoms with van der Waals surface area (Å²) < 4.78 is 72.7. The summed E-state index contributed by atoms with van der Waals surface area (Å²) in [6.45, 7) is 2.18. The van der Waals surface area contributed by atoms with E-state index in [1.165, 1.54) is 12.1 Å². The number of amides is 1. The number of hydrogen-bond donors (Lipinski definition) is 3. The van der Waals surface area contributed by atoms with Crippen LogP contribution in [0.15, 0.2) is 53.3 Å². The molecule has 0 saturated heterocycles. The van der Waals surface area contributed by atoms with Crippen LogP contribution < -0.4 is 16.2 Å².